The smallest absolute Gasteiger partial charge is 0.326 e. The van der Waals surface area contributed by atoms with Crippen molar-refractivity contribution in [3.8, 4) is 5.75 Å². The van der Waals surface area contributed by atoms with Crippen molar-refractivity contribution in [3.63, 3.8) is 0 Å². The predicted octanol–water partition coefficient (Wildman–Crippen LogP) is 0.926. The van der Waals surface area contributed by atoms with Crippen LogP contribution in [0, 0.1) is 20.8 Å². The molecular formula is C53H94N10O15S2. The molecule has 0 saturated carbocycles. The van der Waals surface area contributed by atoms with Crippen LogP contribution in [-0.2, 0) is 59.4 Å². The number of benzene rings is 1. The molecule has 2 rings (SSSR count). The number of carboxylic acids is 1. The topological polar surface area (TPSA) is 397 Å². The van der Waals surface area contributed by atoms with E-state index in [-0.39, 0.29) is 42.2 Å². The van der Waals surface area contributed by atoms with Crippen LogP contribution in [-0.4, -0.2) is 173 Å². The van der Waals surface area contributed by atoms with Gasteiger partial charge in [-0.2, -0.15) is 0 Å². The normalized spacial score (nSPS) is 18.1. The van der Waals surface area contributed by atoms with E-state index in [9.17, 15) is 52.5 Å². The Morgan fingerprint density at radius 1 is 0.738 bits per heavy atom. The second-order valence-corrected chi connectivity index (χ2v) is 26.8. The lowest BCUT2D eigenvalue weighted by molar-refractivity contribution is -0.146. The van der Waals surface area contributed by atoms with Gasteiger partial charge < -0.3 is 72.7 Å². The molecule has 0 saturated heterocycles. The summed E-state index contributed by atoms with van der Waals surface area (Å²) in [6.45, 7) is 30.4. The highest BCUT2D eigenvalue weighted by molar-refractivity contribution is 8.00. The molecule has 25 nitrogen and oxygen atoms in total. The number of aliphatic hydroxyl groups is 2. The number of ether oxygens (including phenoxy) is 4. The molecule has 5 amide bonds. The number of rotatable bonds is 30. The highest BCUT2D eigenvalue weighted by Crippen LogP contribution is 2.44. The van der Waals surface area contributed by atoms with Gasteiger partial charge in [0.05, 0.1) is 70.0 Å². The molecule has 0 radical (unpaired) electrons. The fourth-order valence-electron chi connectivity index (χ4n) is 9.07. The van der Waals surface area contributed by atoms with E-state index in [0.717, 1.165) is 22.9 Å². The van der Waals surface area contributed by atoms with E-state index >= 15 is 0 Å². The maximum Gasteiger partial charge on any atom is 0.326 e. The number of aliphatic hydroxyl groups excluding tert-OH is 2. The predicted molar refractivity (Wildman–Crippen MR) is 305 cm³/mol. The average Bonchev–Trinajstić information content (AvgIpc) is 3.61. The summed E-state index contributed by atoms with van der Waals surface area (Å²) in [5, 5.41) is 45.5. The first-order valence-corrected chi connectivity index (χ1v) is 29.4. The molecular weight excluding hydrogens is 1080 g/mol. The number of carboxylic acid groups (broad SMARTS) is 1. The Hall–Kier alpha value is -4.87. The summed E-state index contributed by atoms with van der Waals surface area (Å²) in [5.41, 5.74) is 17.0. The highest BCUT2D eigenvalue weighted by atomic mass is 32.2. The summed E-state index contributed by atoms with van der Waals surface area (Å²) in [6, 6.07) is -8.68. The van der Waals surface area contributed by atoms with E-state index in [2.05, 4.69) is 36.3 Å². The number of nitrogens with zero attached hydrogens (tertiary/aromatic N) is 1. The number of guanidine groups is 1. The first-order valence-electron chi connectivity index (χ1n) is 26.7. The van der Waals surface area contributed by atoms with Crippen molar-refractivity contribution in [3.05, 3.63) is 22.3 Å². The van der Waals surface area contributed by atoms with Gasteiger partial charge in [0.2, 0.25) is 35.5 Å². The minimum atomic E-state index is -4.30. The molecule has 1 aliphatic heterocycles. The number of carbonyl (C=O) groups is 6. The Labute approximate surface area is 476 Å². The van der Waals surface area contributed by atoms with E-state index in [4.69, 9.17) is 36.1 Å². The van der Waals surface area contributed by atoms with Gasteiger partial charge in [0.25, 0.3) is 10.0 Å². The average molecular weight is 1180 g/mol. The molecule has 0 aromatic heterocycles. The number of fused-ring (bicyclic) bond motifs is 1. The molecule has 11 atom stereocenters. The summed E-state index contributed by atoms with van der Waals surface area (Å²) in [4.78, 5) is 84.7. The number of amides is 5. The van der Waals surface area contributed by atoms with Gasteiger partial charge in [-0.05, 0) is 149 Å². The Morgan fingerprint density at radius 2 is 1.24 bits per heavy atom. The third-order valence-electron chi connectivity index (χ3n) is 12.4. The quantitative estimate of drug-likeness (QED) is 0.0221. The molecule has 80 heavy (non-hydrogen) atoms. The second-order valence-electron chi connectivity index (χ2n) is 24.1. The number of hydrogen-bond acceptors (Lipinski definition) is 18. The number of nitrogens with one attached hydrogen (secondary N) is 6. The van der Waals surface area contributed by atoms with Gasteiger partial charge in [-0.1, -0.05) is 0 Å². The van der Waals surface area contributed by atoms with E-state index in [0.29, 0.717) is 23.3 Å². The van der Waals surface area contributed by atoms with Gasteiger partial charge in [-0.25, -0.2) is 17.9 Å². The van der Waals surface area contributed by atoms with Gasteiger partial charge in [-0.3, -0.25) is 34.3 Å². The Kier molecular flexibility index (Phi) is 26.2. The molecule has 1 aromatic rings. The Morgan fingerprint density at radius 3 is 1.73 bits per heavy atom. The number of nitrogens with two attached hydrogens (primary N) is 3. The van der Waals surface area contributed by atoms with Crippen LogP contribution in [0.25, 0.3) is 0 Å². The monoisotopic (exact) mass is 1170 g/mol. The standard InChI is InChI=1S/C53H94N10O15S2/c1-26(64)22-36(48(71)72)59-44(67)35(20-19-21-57-49(56)63-80(73,74)42-28(3)27(2)33-23-53(17,18)78-41(33)29(42)4)58-45(68)38(30(5)75-50(8,9)10)61-47(70)40(32(7)77-52(14,15)16)62-46(69)39(31(6)76-51(11,12)13)60-43(66)34(54)24-79-25-37(55)65/h26,30-32,34-36,38-40,45,58,64,68H,19-25,54H2,1-18H3,(H2,55,65)(H,59,67)(H,60,66)(H,61,70)(H,62,69)(H,71,72)(H3,56,57,63)/t26?,30-,31-,32?,34?,35+,36+,38+,39+,40+,45?/m1/s1. The van der Waals surface area contributed by atoms with Crippen molar-refractivity contribution in [1.82, 2.24) is 31.3 Å². The van der Waals surface area contributed by atoms with Crippen molar-refractivity contribution in [2.75, 3.05) is 18.1 Å². The van der Waals surface area contributed by atoms with E-state index in [1.165, 1.54) is 13.8 Å². The lowest BCUT2D eigenvalue weighted by atomic mass is 9.93. The van der Waals surface area contributed by atoms with Crippen LogP contribution >= 0.6 is 11.8 Å². The number of aliphatic carboxylic acids is 1. The highest BCUT2D eigenvalue weighted by Gasteiger charge is 2.41. The van der Waals surface area contributed by atoms with Crippen LogP contribution in [0.4, 0.5) is 0 Å². The first-order chi connectivity index (χ1) is 36.4. The Balaban J connectivity index is 2.61. The minimum Gasteiger partial charge on any atom is -0.487 e. The summed E-state index contributed by atoms with van der Waals surface area (Å²) in [6.07, 6.45) is -6.19. The first kappa shape index (κ1) is 71.2. The molecule has 458 valence electrons. The van der Waals surface area contributed by atoms with Gasteiger partial charge in [0, 0.05) is 36.3 Å². The lowest BCUT2D eigenvalue weighted by Gasteiger charge is -2.38. The SMILES string of the molecule is Cc1c(C)c(S(=O)(=O)NC(N)=NCCC[C@H](NC(O)[C@@H](NC(=O)[C@@H](NC(=O)[C@@H](NC(=O)C(N)CSCC(N)=O)[C@@H](C)OC(C)(C)C)C(C)OC(C)(C)C)[C@@H](C)OC(C)(C)C)C(=O)N[C@@H](CC(C)O)C(=O)O)c(C)c2c1CC(C)(C)O2. The molecule has 0 fully saturated rings. The summed E-state index contributed by atoms with van der Waals surface area (Å²) >= 11 is 1.02. The van der Waals surface area contributed by atoms with Crippen molar-refractivity contribution in [1.29, 1.82) is 0 Å². The van der Waals surface area contributed by atoms with Crippen molar-refractivity contribution in [2.45, 2.75) is 245 Å². The second kappa shape index (κ2) is 29.4. The van der Waals surface area contributed by atoms with Crippen LogP contribution in [0.15, 0.2) is 9.89 Å². The molecule has 0 spiro atoms. The molecule has 4 unspecified atom stereocenters. The number of sulfonamides is 1. The molecule has 15 N–H and O–H groups in total. The molecule has 1 aliphatic rings. The fraction of sp³-hybridized carbons (Fsp3) is 0.755. The number of thioether (sulfide) groups is 1. The van der Waals surface area contributed by atoms with Crippen LogP contribution in [0.2, 0.25) is 0 Å². The maximum absolute atomic E-state index is 14.8. The molecule has 0 aliphatic carbocycles. The number of carbonyl (C=O) groups excluding carboxylic acids is 5. The van der Waals surface area contributed by atoms with Gasteiger partial charge in [0.1, 0.15) is 35.7 Å². The third-order valence-corrected chi connectivity index (χ3v) is 15.1. The summed E-state index contributed by atoms with van der Waals surface area (Å²) < 4.78 is 54.8. The zero-order valence-corrected chi connectivity index (χ0v) is 51.7. The minimum absolute atomic E-state index is 0.00934. The third kappa shape index (κ3) is 23.2. The molecule has 27 heteroatoms. The van der Waals surface area contributed by atoms with Crippen LogP contribution < -0.4 is 53.2 Å². The van der Waals surface area contributed by atoms with Gasteiger partial charge in [-0.15, -0.1) is 11.8 Å². The number of hydrogen-bond donors (Lipinski definition) is 12. The van der Waals surface area contributed by atoms with Crippen LogP contribution in [0.3, 0.4) is 0 Å². The van der Waals surface area contributed by atoms with Gasteiger partial charge in [0.15, 0.2) is 0 Å². The summed E-state index contributed by atoms with van der Waals surface area (Å²) in [5.74, 6) is -5.66. The fourth-order valence-corrected chi connectivity index (χ4v) is 11.3. The summed E-state index contributed by atoms with van der Waals surface area (Å²) in [7, 11) is -4.30. The maximum atomic E-state index is 14.8. The molecule has 0 bridgehead atoms. The molecule has 1 heterocycles. The number of aliphatic imine (C=N–C) groups is 1. The van der Waals surface area contributed by atoms with Crippen molar-refractivity contribution >= 4 is 63.2 Å². The zero-order chi connectivity index (χ0) is 61.8. The van der Waals surface area contributed by atoms with Crippen LogP contribution in [0.1, 0.15) is 145 Å². The van der Waals surface area contributed by atoms with E-state index in [1.54, 1.807) is 90.0 Å². The lowest BCUT2D eigenvalue weighted by Crippen LogP contribution is -2.66. The van der Waals surface area contributed by atoms with E-state index < -0.39 is 141 Å². The van der Waals surface area contributed by atoms with E-state index in [1.807, 2.05) is 20.8 Å². The van der Waals surface area contributed by atoms with Crippen molar-refractivity contribution in [2.24, 2.45) is 22.2 Å². The largest absolute Gasteiger partial charge is 0.487 e. The van der Waals surface area contributed by atoms with Crippen molar-refractivity contribution < 1.29 is 71.5 Å². The Bertz CT molecular complexity index is 2470. The van der Waals surface area contributed by atoms with Crippen LogP contribution in [0.5, 0.6) is 5.75 Å². The number of primary amides is 1. The molecule has 1 aromatic carbocycles. The van der Waals surface area contributed by atoms with Gasteiger partial charge >= 0.3 is 5.97 Å². The zero-order valence-electron chi connectivity index (χ0n) is 50.0.